The fourth-order valence-corrected chi connectivity index (χ4v) is 4.17. The first-order chi connectivity index (χ1) is 17.4. The molecular formula is C29H27ClF2N2O3. The number of nitrogens with one attached hydrogen (secondary N) is 2. The van der Waals surface area contributed by atoms with Gasteiger partial charge in [-0.1, -0.05) is 35.9 Å². The van der Waals surface area contributed by atoms with Crippen LogP contribution in [0.5, 0.6) is 5.75 Å². The van der Waals surface area contributed by atoms with Crippen LogP contribution >= 0.6 is 11.6 Å². The molecule has 0 heterocycles. The summed E-state index contributed by atoms with van der Waals surface area (Å²) >= 11 is 6.10. The van der Waals surface area contributed by atoms with Crippen LogP contribution in [0, 0.1) is 11.6 Å². The SMILES string of the molecule is CC(NC(c1ccc(Cl)cc1)c1cccc(Nc2c(OC(C)(C)C)c(=O)c2=O)c1)c1cc(F)cc(F)c1. The molecule has 0 saturated carbocycles. The first-order valence-electron chi connectivity index (χ1n) is 11.8. The average molecular weight is 525 g/mol. The van der Waals surface area contributed by atoms with Crippen LogP contribution in [-0.2, 0) is 0 Å². The molecule has 0 fully saturated rings. The molecule has 0 aromatic heterocycles. The lowest BCUT2D eigenvalue weighted by molar-refractivity contribution is 0.128. The first-order valence-corrected chi connectivity index (χ1v) is 12.2. The number of halogens is 3. The Morgan fingerprint density at radius 1 is 0.838 bits per heavy atom. The van der Waals surface area contributed by atoms with Gasteiger partial charge in [0.2, 0.25) is 0 Å². The molecule has 0 saturated heterocycles. The first kappa shape index (κ1) is 26.5. The van der Waals surface area contributed by atoms with Crippen LogP contribution in [0.15, 0.2) is 76.3 Å². The normalized spacial score (nSPS) is 13.4. The van der Waals surface area contributed by atoms with E-state index in [1.807, 2.05) is 37.3 Å². The number of benzene rings is 3. The third-order valence-corrected chi connectivity index (χ3v) is 6.02. The quantitative estimate of drug-likeness (QED) is 0.255. The molecule has 4 aromatic rings. The highest BCUT2D eigenvalue weighted by molar-refractivity contribution is 6.30. The van der Waals surface area contributed by atoms with E-state index in [1.165, 1.54) is 12.1 Å². The Morgan fingerprint density at radius 2 is 1.49 bits per heavy atom. The summed E-state index contributed by atoms with van der Waals surface area (Å²) in [6, 6.07) is 17.2. The zero-order valence-corrected chi connectivity index (χ0v) is 21.6. The van der Waals surface area contributed by atoms with Crippen molar-refractivity contribution in [1.29, 1.82) is 0 Å². The molecule has 4 aromatic carbocycles. The Balaban J connectivity index is 1.67. The summed E-state index contributed by atoms with van der Waals surface area (Å²) in [6.07, 6.45) is 0. The Bertz CT molecular complexity index is 1470. The van der Waals surface area contributed by atoms with Crippen LogP contribution in [0.25, 0.3) is 0 Å². The van der Waals surface area contributed by atoms with E-state index in [-0.39, 0.29) is 11.4 Å². The third-order valence-electron chi connectivity index (χ3n) is 5.77. The van der Waals surface area contributed by atoms with E-state index in [9.17, 15) is 18.4 Å². The van der Waals surface area contributed by atoms with Crippen molar-refractivity contribution in [3.8, 4) is 5.75 Å². The highest BCUT2D eigenvalue weighted by Crippen LogP contribution is 2.31. The van der Waals surface area contributed by atoms with Crippen LogP contribution < -0.4 is 26.2 Å². The van der Waals surface area contributed by atoms with Crippen molar-refractivity contribution in [3.63, 3.8) is 0 Å². The van der Waals surface area contributed by atoms with E-state index in [4.69, 9.17) is 16.3 Å². The maximum atomic E-state index is 13.9. The fraction of sp³-hybridized carbons (Fsp3) is 0.241. The van der Waals surface area contributed by atoms with Crippen LogP contribution in [0.4, 0.5) is 20.2 Å². The van der Waals surface area contributed by atoms with E-state index in [2.05, 4.69) is 10.6 Å². The Morgan fingerprint density at radius 3 is 2.11 bits per heavy atom. The molecule has 0 spiro atoms. The van der Waals surface area contributed by atoms with Crippen molar-refractivity contribution >= 4 is 23.0 Å². The van der Waals surface area contributed by atoms with Gasteiger partial charge in [0.25, 0.3) is 10.9 Å². The van der Waals surface area contributed by atoms with Crippen LogP contribution in [-0.4, -0.2) is 5.60 Å². The summed E-state index contributed by atoms with van der Waals surface area (Å²) in [6.45, 7) is 7.20. The Hall–Kier alpha value is -3.55. The molecule has 0 bridgehead atoms. The van der Waals surface area contributed by atoms with Gasteiger partial charge < -0.3 is 10.1 Å². The van der Waals surface area contributed by atoms with Crippen LogP contribution in [0.1, 0.15) is 56.5 Å². The molecule has 2 unspecified atom stereocenters. The topological polar surface area (TPSA) is 67.4 Å². The third kappa shape index (κ3) is 6.24. The number of anilines is 2. The zero-order chi connectivity index (χ0) is 26.9. The minimum atomic E-state index is -0.662. The van der Waals surface area contributed by atoms with Crippen molar-refractivity contribution < 1.29 is 13.5 Å². The van der Waals surface area contributed by atoms with E-state index in [1.54, 1.807) is 39.0 Å². The second-order valence-corrected chi connectivity index (χ2v) is 10.3. The molecule has 0 amide bonds. The Kier molecular flexibility index (Phi) is 7.48. The van der Waals surface area contributed by atoms with Crippen molar-refractivity contribution in [3.05, 3.63) is 121 Å². The number of ether oxygens (including phenoxy) is 1. The Labute approximate surface area is 218 Å². The molecule has 0 aliphatic heterocycles. The lowest BCUT2D eigenvalue weighted by Gasteiger charge is -2.26. The molecule has 0 aliphatic carbocycles. The second-order valence-electron chi connectivity index (χ2n) is 9.90. The maximum absolute atomic E-state index is 13.9. The zero-order valence-electron chi connectivity index (χ0n) is 20.9. The van der Waals surface area contributed by atoms with Crippen molar-refractivity contribution in [1.82, 2.24) is 5.32 Å². The van der Waals surface area contributed by atoms with Gasteiger partial charge in [-0.2, -0.15) is 0 Å². The second kappa shape index (κ2) is 10.4. The standard InChI is InChI=1S/C29H27ClF2N2O3/c1-16(19-12-21(31)15-22(32)13-19)33-24(17-8-10-20(30)11-9-17)18-6-5-7-23(14-18)34-25-26(35)27(36)28(25)37-29(2,3)4/h5-16,24,33-34H,1-4H3. The number of hydrogen-bond acceptors (Lipinski definition) is 5. The van der Waals surface area contributed by atoms with Crippen LogP contribution in [0.2, 0.25) is 5.02 Å². The molecule has 37 heavy (non-hydrogen) atoms. The summed E-state index contributed by atoms with van der Waals surface area (Å²) in [5.41, 5.74) is 0.883. The molecule has 2 atom stereocenters. The van der Waals surface area contributed by atoms with Crippen molar-refractivity contribution in [2.45, 2.75) is 45.4 Å². The predicted octanol–water partition coefficient (Wildman–Crippen LogP) is 6.58. The molecule has 4 rings (SSSR count). The molecule has 0 radical (unpaired) electrons. The van der Waals surface area contributed by atoms with Crippen molar-refractivity contribution in [2.75, 3.05) is 5.32 Å². The predicted molar refractivity (Wildman–Crippen MR) is 143 cm³/mol. The minimum absolute atomic E-state index is 0.0111. The molecule has 192 valence electrons. The highest BCUT2D eigenvalue weighted by Gasteiger charge is 2.27. The van der Waals surface area contributed by atoms with E-state index >= 15 is 0 Å². The van der Waals surface area contributed by atoms with Gasteiger partial charge in [0, 0.05) is 22.8 Å². The molecular weight excluding hydrogens is 498 g/mol. The lowest BCUT2D eigenvalue weighted by Crippen LogP contribution is -2.39. The van der Waals surface area contributed by atoms with Gasteiger partial charge in [0.1, 0.15) is 22.9 Å². The van der Waals surface area contributed by atoms with Gasteiger partial charge in [-0.15, -0.1) is 0 Å². The summed E-state index contributed by atoms with van der Waals surface area (Å²) in [5, 5.41) is 7.04. The maximum Gasteiger partial charge on any atom is 0.272 e. The monoisotopic (exact) mass is 524 g/mol. The number of hydrogen-bond donors (Lipinski definition) is 2. The molecule has 8 heteroatoms. The molecule has 0 aliphatic rings. The average Bonchev–Trinajstić information content (AvgIpc) is 2.84. The van der Waals surface area contributed by atoms with Gasteiger partial charge in [-0.05, 0) is 80.8 Å². The van der Waals surface area contributed by atoms with Crippen LogP contribution in [0.3, 0.4) is 0 Å². The summed E-state index contributed by atoms with van der Waals surface area (Å²) in [7, 11) is 0. The molecule has 5 nitrogen and oxygen atoms in total. The largest absolute Gasteiger partial charge is 0.482 e. The van der Waals surface area contributed by atoms with Crippen molar-refractivity contribution in [2.24, 2.45) is 0 Å². The van der Waals surface area contributed by atoms with Gasteiger partial charge in [-0.25, -0.2) is 8.78 Å². The molecule has 2 N–H and O–H groups in total. The smallest absolute Gasteiger partial charge is 0.272 e. The van der Waals surface area contributed by atoms with Gasteiger partial charge in [-0.3, -0.25) is 14.9 Å². The van der Waals surface area contributed by atoms with E-state index in [0.717, 1.165) is 17.2 Å². The van der Waals surface area contributed by atoms with E-state index in [0.29, 0.717) is 16.3 Å². The fourth-order valence-electron chi connectivity index (χ4n) is 4.04. The summed E-state index contributed by atoms with van der Waals surface area (Å²) < 4.78 is 33.4. The van der Waals surface area contributed by atoms with Gasteiger partial charge in [0.05, 0.1) is 6.04 Å². The summed E-state index contributed by atoms with van der Waals surface area (Å²) in [5.74, 6) is -1.30. The van der Waals surface area contributed by atoms with Gasteiger partial charge >= 0.3 is 0 Å². The minimum Gasteiger partial charge on any atom is -0.482 e. The summed E-state index contributed by atoms with van der Waals surface area (Å²) in [4.78, 5) is 24.3. The number of rotatable bonds is 8. The van der Waals surface area contributed by atoms with E-state index < -0.39 is 40.2 Å². The lowest BCUT2D eigenvalue weighted by atomic mass is 9.96. The van der Waals surface area contributed by atoms with Gasteiger partial charge in [0.15, 0.2) is 5.75 Å². The highest BCUT2D eigenvalue weighted by atomic mass is 35.5.